The van der Waals surface area contributed by atoms with Gasteiger partial charge >= 0.3 is 6.03 Å². The Morgan fingerprint density at radius 2 is 1.81 bits per heavy atom. The topological polar surface area (TPSA) is 172 Å². The molecule has 7 amide bonds. The van der Waals surface area contributed by atoms with Crippen LogP contribution in [0.2, 0.25) is 0 Å². The summed E-state index contributed by atoms with van der Waals surface area (Å²) in [7, 11) is 0. The molecule has 2 saturated heterocycles. The maximum Gasteiger partial charge on any atom is 0.322 e. The lowest BCUT2D eigenvalue weighted by Crippen LogP contribution is -2.54. The number of amides is 7. The molecule has 3 N–H and O–H groups in total. The zero-order valence-electron chi connectivity index (χ0n) is 16.3. The van der Waals surface area contributed by atoms with Crippen LogP contribution in [0.25, 0.3) is 5.69 Å². The van der Waals surface area contributed by atoms with E-state index in [2.05, 4.69) is 26.3 Å². The van der Waals surface area contributed by atoms with Crippen molar-refractivity contribution >= 4 is 35.6 Å². The van der Waals surface area contributed by atoms with Gasteiger partial charge in [0.2, 0.25) is 11.8 Å². The number of hydrogen-bond donors (Lipinski definition) is 3. The van der Waals surface area contributed by atoms with E-state index in [9.17, 15) is 28.8 Å². The Balaban J connectivity index is 1.44. The number of nitrogens with zero attached hydrogens (tertiary/aromatic N) is 4. The number of carbonyl (C=O) groups excluding carboxylic acids is 6. The molecular weight excluding hydrogens is 422 g/mol. The van der Waals surface area contributed by atoms with Crippen LogP contribution in [-0.4, -0.2) is 67.5 Å². The highest BCUT2D eigenvalue weighted by atomic mass is 16.2. The van der Waals surface area contributed by atoms with Crippen molar-refractivity contribution in [3.8, 4) is 5.69 Å². The van der Waals surface area contributed by atoms with Gasteiger partial charge < -0.3 is 5.32 Å². The summed E-state index contributed by atoms with van der Waals surface area (Å²) < 4.78 is 1.29. The maximum absolute atomic E-state index is 13.2. The van der Waals surface area contributed by atoms with Gasteiger partial charge in [-0.3, -0.25) is 39.5 Å². The second kappa shape index (κ2) is 7.08. The molecule has 4 heterocycles. The summed E-state index contributed by atoms with van der Waals surface area (Å²) >= 11 is 0. The zero-order chi connectivity index (χ0) is 22.6. The number of aromatic nitrogens is 3. The van der Waals surface area contributed by atoms with Crippen molar-refractivity contribution < 1.29 is 28.8 Å². The number of carbonyl (C=O) groups is 6. The van der Waals surface area contributed by atoms with Gasteiger partial charge in [-0.05, 0) is 18.6 Å². The lowest BCUT2D eigenvalue weighted by atomic mass is 10.0. The van der Waals surface area contributed by atoms with E-state index in [1.165, 1.54) is 16.9 Å². The first kappa shape index (κ1) is 19.5. The molecule has 1 aromatic carbocycles. The third kappa shape index (κ3) is 3.02. The third-order valence-corrected chi connectivity index (χ3v) is 5.51. The van der Waals surface area contributed by atoms with Crippen LogP contribution in [0.3, 0.4) is 0 Å². The number of urea groups is 1. The lowest BCUT2D eigenvalue weighted by molar-refractivity contribution is -0.136. The molecular formula is C19H15N7O6. The molecule has 32 heavy (non-hydrogen) atoms. The average molecular weight is 437 g/mol. The summed E-state index contributed by atoms with van der Waals surface area (Å²) in [4.78, 5) is 73.7. The zero-order valence-corrected chi connectivity index (χ0v) is 16.3. The van der Waals surface area contributed by atoms with Gasteiger partial charge in [0.25, 0.3) is 17.7 Å². The van der Waals surface area contributed by atoms with Crippen molar-refractivity contribution in [2.24, 2.45) is 0 Å². The summed E-state index contributed by atoms with van der Waals surface area (Å²) in [6, 6.07) is 2.15. The van der Waals surface area contributed by atoms with Gasteiger partial charge in [-0.25, -0.2) is 9.48 Å². The predicted molar refractivity (Wildman–Crippen MR) is 102 cm³/mol. The largest absolute Gasteiger partial charge is 0.326 e. The molecule has 0 aliphatic carbocycles. The molecule has 162 valence electrons. The van der Waals surface area contributed by atoms with E-state index in [0.29, 0.717) is 5.69 Å². The van der Waals surface area contributed by atoms with Gasteiger partial charge in [0, 0.05) is 12.8 Å². The molecule has 5 rings (SSSR count). The van der Waals surface area contributed by atoms with Gasteiger partial charge in [-0.1, -0.05) is 11.3 Å². The van der Waals surface area contributed by atoms with Crippen LogP contribution in [0.15, 0.2) is 24.4 Å². The third-order valence-electron chi connectivity index (χ3n) is 5.51. The summed E-state index contributed by atoms with van der Waals surface area (Å²) in [5.41, 5.74) is 0.820. The number of nitrogens with one attached hydrogen (secondary N) is 3. The number of hydrogen-bond acceptors (Lipinski definition) is 8. The standard InChI is InChI=1S/C19H15N7O6/c27-13-5-4-12(16(29)21-13)26-17(30)9-2-1-3-11(14(9)18(26)31)25-7-8(23-24-25)6-10-15(28)22-19(32)20-10/h1-3,7,10,12H,4-6H2,(H,21,27,29)(H2,20,22,28,32). The molecule has 3 aliphatic rings. The van der Waals surface area contributed by atoms with Gasteiger partial charge in [0.1, 0.15) is 12.1 Å². The molecule has 2 atom stereocenters. The van der Waals surface area contributed by atoms with Crippen molar-refractivity contribution in [3.05, 3.63) is 41.2 Å². The minimum absolute atomic E-state index is 0.0222. The molecule has 2 unspecified atom stereocenters. The Morgan fingerprint density at radius 1 is 1.00 bits per heavy atom. The molecule has 0 spiro atoms. The number of rotatable bonds is 4. The summed E-state index contributed by atoms with van der Waals surface area (Å²) in [6.45, 7) is 0. The first-order valence-corrected chi connectivity index (χ1v) is 9.71. The van der Waals surface area contributed by atoms with Crippen molar-refractivity contribution in [2.75, 3.05) is 0 Å². The van der Waals surface area contributed by atoms with Crippen LogP contribution < -0.4 is 16.0 Å². The maximum atomic E-state index is 13.2. The van der Waals surface area contributed by atoms with E-state index < -0.39 is 47.7 Å². The van der Waals surface area contributed by atoms with Crippen molar-refractivity contribution in [1.82, 2.24) is 35.8 Å². The van der Waals surface area contributed by atoms with E-state index in [4.69, 9.17) is 0 Å². The number of fused-ring (bicyclic) bond motifs is 1. The summed E-state index contributed by atoms with van der Waals surface area (Å²) in [5.74, 6) is -2.93. The Labute approximate surface area is 179 Å². The monoisotopic (exact) mass is 437 g/mol. The molecule has 0 radical (unpaired) electrons. The molecule has 2 fully saturated rings. The van der Waals surface area contributed by atoms with Crippen molar-refractivity contribution in [1.29, 1.82) is 0 Å². The average Bonchev–Trinajstić information content (AvgIpc) is 3.41. The number of piperidine rings is 1. The Hall–Kier alpha value is -4.42. The fraction of sp³-hybridized carbons (Fsp3) is 0.263. The van der Waals surface area contributed by atoms with Crippen LogP contribution in [0.4, 0.5) is 4.79 Å². The highest BCUT2D eigenvalue weighted by molar-refractivity contribution is 6.24. The normalized spacial score (nSPS) is 22.7. The molecule has 13 heteroatoms. The minimum Gasteiger partial charge on any atom is -0.326 e. The summed E-state index contributed by atoms with van der Waals surface area (Å²) in [6.07, 6.45) is 1.64. The Bertz CT molecular complexity index is 1230. The van der Waals surface area contributed by atoms with E-state index in [1.807, 2.05) is 0 Å². The quantitative estimate of drug-likeness (QED) is 0.380. The predicted octanol–water partition coefficient (Wildman–Crippen LogP) is -1.58. The molecule has 13 nitrogen and oxygen atoms in total. The number of benzene rings is 1. The van der Waals surface area contributed by atoms with E-state index in [1.54, 1.807) is 12.1 Å². The molecule has 3 aliphatic heterocycles. The van der Waals surface area contributed by atoms with E-state index in [0.717, 1.165) is 4.90 Å². The molecule has 0 saturated carbocycles. The number of imide groups is 3. The SMILES string of the molecule is O=C1CCC(N2C(=O)c3cccc(-n4cc(CC5NC(=O)NC5=O)nn4)c3C2=O)C(=O)N1. The van der Waals surface area contributed by atoms with Crippen molar-refractivity contribution in [2.45, 2.75) is 31.3 Å². The van der Waals surface area contributed by atoms with Crippen molar-refractivity contribution in [3.63, 3.8) is 0 Å². The van der Waals surface area contributed by atoms with Gasteiger partial charge in [0.15, 0.2) is 0 Å². The lowest BCUT2D eigenvalue weighted by Gasteiger charge is -2.27. The van der Waals surface area contributed by atoms with Crippen LogP contribution in [0.1, 0.15) is 39.3 Å². The van der Waals surface area contributed by atoms with Gasteiger partial charge in [-0.2, -0.15) is 0 Å². The Kier molecular flexibility index (Phi) is 4.32. The fourth-order valence-corrected chi connectivity index (χ4v) is 4.01. The molecule has 1 aromatic heterocycles. The fourth-order valence-electron chi connectivity index (χ4n) is 4.01. The minimum atomic E-state index is -1.08. The molecule has 2 aromatic rings. The van der Waals surface area contributed by atoms with Crippen LogP contribution >= 0.6 is 0 Å². The Morgan fingerprint density at radius 3 is 2.53 bits per heavy atom. The smallest absolute Gasteiger partial charge is 0.322 e. The highest BCUT2D eigenvalue weighted by Gasteiger charge is 2.46. The van der Waals surface area contributed by atoms with E-state index >= 15 is 0 Å². The van der Waals surface area contributed by atoms with Crippen LogP contribution in [0.5, 0.6) is 0 Å². The second-order valence-corrected chi connectivity index (χ2v) is 7.52. The van der Waals surface area contributed by atoms with Crippen LogP contribution in [0, 0.1) is 0 Å². The molecule has 0 bridgehead atoms. The first-order chi connectivity index (χ1) is 15.3. The second-order valence-electron chi connectivity index (χ2n) is 7.52. The first-order valence-electron chi connectivity index (χ1n) is 9.71. The van der Waals surface area contributed by atoms with Gasteiger partial charge in [0.05, 0.1) is 28.7 Å². The van der Waals surface area contributed by atoms with E-state index in [-0.39, 0.29) is 36.1 Å². The highest BCUT2D eigenvalue weighted by Crippen LogP contribution is 2.31. The van der Waals surface area contributed by atoms with Crippen LogP contribution in [-0.2, 0) is 20.8 Å². The van der Waals surface area contributed by atoms with Gasteiger partial charge in [-0.15, -0.1) is 5.10 Å². The summed E-state index contributed by atoms with van der Waals surface area (Å²) in [5, 5.41) is 14.7.